The molecule has 5 heteroatoms. The molecule has 0 atom stereocenters. The van der Waals surface area contributed by atoms with E-state index < -0.39 is 5.91 Å². The molecule has 1 aromatic carbocycles. The van der Waals surface area contributed by atoms with Gasteiger partial charge in [0.15, 0.2) is 0 Å². The number of carbonyl (C=O) groups is 1. The fraction of sp³-hybridized carbons (Fsp3) is 0.118. The lowest BCUT2D eigenvalue weighted by molar-refractivity contribution is 0.0995. The van der Waals surface area contributed by atoms with Gasteiger partial charge in [0.25, 0.3) is 5.91 Å². The Bertz CT molecular complexity index is 930. The predicted molar refractivity (Wildman–Crippen MR) is 83.0 cm³/mol. The van der Waals surface area contributed by atoms with E-state index in [1.54, 1.807) is 12.3 Å². The second-order valence-corrected chi connectivity index (χ2v) is 5.13. The van der Waals surface area contributed by atoms with E-state index in [9.17, 15) is 10.1 Å². The van der Waals surface area contributed by atoms with Crippen LogP contribution in [0.15, 0.2) is 30.5 Å². The molecule has 3 rings (SSSR count). The zero-order chi connectivity index (χ0) is 15.9. The van der Waals surface area contributed by atoms with Crippen molar-refractivity contribution in [2.75, 3.05) is 0 Å². The zero-order valence-electron chi connectivity index (χ0n) is 12.2. The molecule has 0 aliphatic carbocycles. The first-order chi connectivity index (χ1) is 10.5. The number of fused-ring (bicyclic) bond motifs is 1. The second kappa shape index (κ2) is 5.01. The number of rotatable bonds is 2. The minimum absolute atomic E-state index is 0.0804. The van der Waals surface area contributed by atoms with E-state index in [4.69, 9.17) is 5.73 Å². The van der Waals surface area contributed by atoms with Crippen molar-refractivity contribution < 1.29 is 4.79 Å². The number of hydrogen-bond donors (Lipinski definition) is 1. The molecule has 1 amide bonds. The van der Waals surface area contributed by atoms with Gasteiger partial charge in [-0.25, -0.2) is 4.98 Å². The third-order valence-electron chi connectivity index (χ3n) is 3.67. The number of primary amides is 1. The van der Waals surface area contributed by atoms with Gasteiger partial charge in [-0.05, 0) is 24.6 Å². The highest BCUT2D eigenvalue weighted by Crippen LogP contribution is 2.32. The molecule has 107 valence electrons. The summed E-state index contributed by atoms with van der Waals surface area (Å²) in [6.45, 7) is 2.01. The van der Waals surface area contributed by atoms with Crippen molar-refractivity contribution in [1.29, 1.82) is 5.26 Å². The number of nitrogens with two attached hydrogens (primary N) is 1. The monoisotopic (exact) mass is 289 g/mol. The van der Waals surface area contributed by atoms with Crippen LogP contribution in [0.4, 0.5) is 0 Å². The summed E-state index contributed by atoms with van der Waals surface area (Å²) in [5, 5.41) is 10.4. The fourth-order valence-electron chi connectivity index (χ4n) is 2.62. The first-order valence-electron chi connectivity index (χ1n) is 6.70. The molecule has 22 heavy (non-hydrogen) atoms. The van der Waals surface area contributed by atoms with Gasteiger partial charge in [-0.3, -0.25) is 4.79 Å². The number of aryl methyl sites for hydroxylation is 2. The molecule has 0 spiro atoms. The van der Waals surface area contributed by atoms with Crippen LogP contribution < -0.4 is 5.73 Å². The molecule has 5 nitrogen and oxygen atoms in total. The van der Waals surface area contributed by atoms with Crippen molar-refractivity contribution in [3.8, 4) is 17.3 Å². The molecular weight excluding hydrogens is 276 g/mol. The van der Waals surface area contributed by atoms with Crippen LogP contribution in [-0.2, 0) is 7.05 Å². The quantitative estimate of drug-likeness (QED) is 0.785. The Labute approximate surface area is 127 Å². The summed E-state index contributed by atoms with van der Waals surface area (Å²) in [6, 6.07) is 12.6. The van der Waals surface area contributed by atoms with E-state index in [1.807, 2.05) is 36.7 Å². The SMILES string of the molecule is Cc1ccc2c(C#N)c(-c3c[c]c(C(N)=O)nc3)n(C)c2c1. The number of pyridine rings is 1. The average molecular weight is 289 g/mol. The maximum absolute atomic E-state index is 11.1. The minimum atomic E-state index is -0.625. The van der Waals surface area contributed by atoms with Gasteiger partial charge >= 0.3 is 0 Å². The van der Waals surface area contributed by atoms with Gasteiger partial charge in [-0.2, -0.15) is 5.26 Å². The number of aromatic nitrogens is 2. The van der Waals surface area contributed by atoms with Crippen molar-refractivity contribution >= 4 is 16.8 Å². The van der Waals surface area contributed by atoms with Gasteiger partial charge in [-0.15, -0.1) is 0 Å². The van der Waals surface area contributed by atoms with Crippen molar-refractivity contribution in [2.24, 2.45) is 12.8 Å². The van der Waals surface area contributed by atoms with Crippen LogP contribution in [-0.4, -0.2) is 15.5 Å². The summed E-state index contributed by atoms with van der Waals surface area (Å²) in [5.74, 6) is -0.625. The first kappa shape index (κ1) is 13.8. The normalized spacial score (nSPS) is 10.6. The second-order valence-electron chi connectivity index (χ2n) is 5.13. The van der Waals surface area contributed by atoms with Gasteiger partial charge in [0.05, 0.1) is 11.3 Å². The smallest absolute Gasteiger partial charge is 0.267 e. The molecule has 0 fully saturated rings. The molecule has 0 saturated heterocycles. The first-order valence-corrected chi connectivity index (χ1v) is 6.70. The van der Waals surface area contributed by atoms with E-state index in [0.717, 1.165) is 27.7 Å². The maximum Gasteiger partial charge on any atom is 0.267 e. The number of hydrogen-bond acceptors (Lipinski definition) is 3. The van der Waals surface area contributed by atoms with Crippen LogP contribution in [0.2, 0.25) is 0 Å². The molecule has 0 aliphatic rings. The third kappa shape index (κ3) is 2.02. The van der Waals surface area contributed by atoms with E-state index >= 15 is 0 Å². The van der Waals surface area contributed by atoms with E-state index in [2.05, 4.69) is 17.1 Å². The molecular formula is C17H13N4O. The molecule has 0 aliphatic heterocycles. The van der Waals surface area contributed by atoms with Crippen molar-refractivity contribution in [1.82, 2.24) is 9.55 Å². The predicted octanol–water partition coefficient (Wildman–Crippen LogP) is 2.32. The van der Waals surface area contributed by atoms with Crippen molar-refractivity contribution in [2.45, 2.75) is 6.92 Å². The topological polar surface area (TPSA) is 84.7 Å². The van der Waals surface area contributed by atoms with Gasteiger partial charge in [-0.1, -0.05) is 12.1 Å². The number of nitrogens with zero attached hydrogens (tertiary/aromatic N) is 3. The Hall–Kier alpha value is -3.13. The van der Waals surface area contributed by atoms with Crippen LogP contribution in [0.1, 0.15) is 21.6 Å². The standard InChI is InChI=1S/C17H13N4O/c1-10-3-5-12-13(8-18)16(21(2)15(12)7-10)11-4-6-14(17(19)22)20-9-11/h3-5,7,9H,1-2H3,(H2,19,22). The zero-order valence-corrected chi connectivity index (χ0v) is 12.2. The Morgan fingerprint density at radius 2 is 2.23 bits per heavy atom. The van der Waals surface area contributed by atoms with Gasteiger partial charge < -0.3 is 10.3 Å². The van der Waals surface area contributed by atoms with Gasteiger partial charge in [0, 0.05) is 35.8 Å². The number of carbonyl (C=O) groups excluding carboxylic acids is 1. The lowest BCUT2D eigenvalue weighted by Gasteiger charge is -2.05. The molecule has 0 unspecified atom stereocenters. The highest BCUT2D eigenvalue weighted by atomic mass is 16.1. The lowest BCUT2D eigenvalue weighted by Crippen LogP contribution is -2.12. The summed E-state index contributed by atoms with van der Waals surface area (Å²) in [6.07, 6.45) is 1.54. The van der Waals surface area contributed by atoms with E-state index in [0.29, 0.717) is 5.56 Å². The third-order valence-corrected chi connectivity index (χ3v) is 3.67. The summed E-state index contributed by atoms with van der Waals surface area (Å²) in [5.41, 5.74) is 9.41. The fourth-order valence-corrected chi connectivity index (χ4v) is 2.62. The van der Waals surface area contributed by atoms with Gasteiger partial charge in [0.1, 0.15) is 11.8 Å². The minimum Gasteiger partial charge on any atom is -0.364 e. The highest BCUT2D eigenvalue weighted by Gasteiger charge is 2.17. The number of benzene rings is 1. The van der Waals surface area contributed by atoms with Crippen LogP contribution in [0.5, 0.6) is 0 Å². The van der Waals surface area contributed by atoms with Crippen molar-refractivity contribution in [3.63, 3.8) is 0 Å². The largest absolute Gasteiger partial charge is 0.364 e. The van der Waals surface area contributed by atoms with Crippen molar-refractivity contribution in [3.05, 3.63) is 53.3 Å². The van der Waals surface area contributed by atoms with Crippen LogP contribution in [0.3, 0.4) is 0 Å². The molecule has 3 aromatic rings. The Balaban J connectivity index is 2.28. The Morgan fingerprint density at radius 3 is 2.82 bits per heavy atom. The summed E-state index contributed by atoms with van der Waals surface area (Å²) in [7, 11) is 1.90. The molecule has 0 saturated carbocycles. The molecule has 0 bridgehead atoms. The summed E-state index contributed by atoms with van der Waals surface area (Å²) < 4.78 is 1.95. The summed E-state index contributed by atoms with van der Waals surface area (Å²) in [4.78, 5) is 15.1. The molecule has 2 aromatic heterocycles. The molecule has 1 radical (unpaired) electrons. The highest BCUT2D eigenvalue weighted by molar-refractivity contribution is 5.95. The molecule has 2 heterocycles. The van der Waals surface area contributed by atoms with Crippen LogP contribution in [0.25, 0.3) is 22.2 Å². The summed E-state index contributed by atoms with van der Waals surface area (Å²) >= 11 is 0. The Kier molecular flexibility index (Phi) is 3.15. The maximum atomic E-state index is 11.1. The van der Waals surface area contributed by atoms with E-state index in [1.165, 1.54) is 0 Å². The van der Waals surface area contributed by atoms with Gasteiger partial charge in [0.2, 0.25) is 0 Å². The average Bonchev–Trinajstić information content (AvgIpc) is 2.79. The number of amides is 1. The van der Waals surface area contributed by atoms with E-state index in [-0.39, 0.29) is 5.69 Å². The van der Waals surface area contributed by atoms with Crippen LogP contribution in [0, 0.1) is 24.3 Å². The number of nitriles is 1. The lowest BCUT2D eigenvalue weighted by atomic mass is 10.1. The Morgan fingerprint density at radius 1 is 1.45 bits per heavy atom. The molecule has 2 N–H and O–H groups in total. The van der Waals surface area contributed by atoms with Crippen LogP contribution >= 0.6 is 0 Å².